The molecule has 2 aromatic rings. The number of nitrogens with zero attached hydrogens (tertiary/aromatic N) is 1. The Bertz CT molecular complexity index is 557. The van der Waals surface area contributed by atoms with Crippen molar-refractivity contribution in [2.24, 2.45) is 0 Å². The quantitative estimate of drug-likeness (QED) is 0.567. The molecule has 0 atom stereocenters. The first-order chi connectivity index (χ1) is 7.11. The van der Waals surface area contributed by atoms with Gasteiger partial charge in [-0.15, -0.1) is 0 Å². The molecular weight excluding hydrogens is 196 g/mol. The van der Waals surface area contributed by atoms with Gasteiger partial charge in [0.15, 0.2) is 0 Å². The molecule has 0 aliphatic carbocycles. The minimum atomic E-state index is -1.47. The summed E-state index contributed by atoms with van der Waals surface area (Å²) in [7, 11) is 0. The first kappa shape index (κ1) is 9.39. The van der Waals surface area contributed by atoms with E-state index in [1.165, 1.54) is 6.20 Å². The van der Waals surface area contributed by atoms with Gasteiger partial charge in [0.05, 0.1) is 16.6 Å². The number of fused-ring (bicyclic) bond motifs is 1. The molecule has 0 bridgehead atoms. The van der Waals surface area contributed by atoms with Gasteiger partial charge in [0.25, 0.3) is 5.78 Å². The molecule has 0 fully saturated rings. The van der Waals surface area contributed by atoms with Crippen molar-refractivity contribution in [2.45, 2.75) is 6.92 Å². The SMILES string of the molecule is Cc1[nH]c2cccnc2c1C(=O)C(=O)O. The summed E-state index contributed by atoms with van der Waals surface area (Å²) in [5, 5.41) is 8.65. The van der Waals surface area contributed by atoms with E-state index in [9.17, 15) is 9.59 Å². The molecule has 2 rings (SSSR count). The first-order valence-corrected chi connectivity index (χ1v) is 4.32. The van der Waals surface area contributed by atoms with Gasteiger partial charge in [-0.1, -0.05) is 0 Å². The molecule has 0 amide bonds. The van der Waals surface area contributed by atoms with Crippen molar-refractivity contribution in [1.29, 1.82) is 0 Å². The maximum absolute atomic E-state index is 11.4. The summed E-state index contributed by atoms with van der Waals surface area (Å²) >= 11 is 0. The van der Waals surface area contributed by atoms with Gasteiger partial charge in [-0.25, -0.2) is 4.79 Å². The van der Waals surface area contributed by atoms with Crippen molar-refractivity contribution >= 4 is 22.8 Å². The van der Waals surface area contributed by atoms with Crippen LogP contribution in [0.2, 0.25) is 0 Å². The highest BCUT2D eigenvalue weighted by Crippen LogP contribution is 2.19. The van der Waals surface area contributed by atoms with Gasteiger partial charge in [0, 0.05) is 11.9 Å². The molecule has 0 aliphatic heterocycles. The van der Waals surface area contributed by atoms with Crippen molar-refractivity contribution in [3.8, 4) is 0 Å². The average molecular weight is 204 g/mol. The Morgan fingerprint density at radius 3 is 2.87 bits per heavy atom. The lowest BCUT2D eigenvalue weighted by molar-refractivity contribution is -0.131. The number of aromatic amines is 1. The van der Waals surface area contributed by atoms with Gasteiger partial charge in [-0.3, -0.25) is 9.78 Å². The lowest BCUT2D eigenvalue weighted by Crippen LogP contribution is -2.13. The van der Waals surface area contributed by atoms with Gasteiger partial charge in [0.1, 0.15) is 0 Å². The summed E-state index contributed by atoms with van der Waals surface area (Å²) < 4.78 is 0. The number of carbonyl (C=O) groups is 2. The van der Waals surface area contributed by atoms with Crippen LogP contribution < -0.4 is 0 Å². The molecule has 0 aliphatic rings. The smallest absolute Gasteiger partial charge is 0.377 e. The van der Waals surface area contributed by atoms with Crippen LogP contribution in [-0.2, 0) is 4.79 Å². The highest BCUT2D eigenvalue weighted by Gasteiger charge is 2.22. The number of rotatable bonds is 2. The first-order valence-electron chi connectivity index (χ1n) is 4.32. The Labute approximate surface area is 84.8 Å². The Hall–Kier alpha value is -2.17. The number of ketones is 1. The minimum absolute atomic E-state index is 0.137. The number of hydrogen-bond donors (Lipinski definition) is 2. The normalized spacial score (nSPS) is 10.5. The molecule has 15 heavy (non-hydrogen) atoms. The number of Topliss-reactive ketones (excluding diaryl/α,β-unsaturated/α-hetero) is 1. The molecule has 76 valence electrons. The highest BCUT2D eigenvalue weighted by atomic mass is 16.4. The number of aryl methyl sites for hydroxylation is 1. The number of nitrogens with one attached hydrogen (secondary N) is 1. The zero-order valence-electron chi connectivity index (χ0n) is 7.94. The van der Waals surface area contributed by atoms with Crippen LogP contribution in [0.3, 0.4) is 0 Å². The fourth-order valence-electron chi connectivity index (χ4n) is 1.53. The molecule has 5 nitrogen and oxygen atoms in total. The van der Waals surface area contributed by atoms with E-state index in [0.717, 1.165) is 0 Å². The van der Waals surface area contributed by atoms with Crippen LogP contribution >= 0.6 is 0 Å². The largest absolute Gasteiger partial charge is 0.475 e. The number of pyridine rings is 1. The topological polar surface area (TPSA) is 83.0 Å². The zero-order chi connectivity index (χ0) is 11.0. The minimum Gasteiger partial charge on any atom is -0.475 e. The van der Waals surface area contributed by atoms with Crippen molar-refractivity contribution in [1.82, 2.24) is 9.97 Å². The summed E-state index contributed by atoms with van der Waals surface area (Å²) in [4.78, 5) is 28.9. The molecule has 0 spiro atoms. The Kier molecular flexibility index (Phi) is 2.00. The van der Waals surface area contributed by atoms with Crippen molar-refractivity contribution in [2.75, 3.05) is 0 Å². The third-order valence-electron chi connectivity index (χ3n) is 2.16. The third-order valence-corrected chi connectivity index (χ3v) is 2.16. The summed E-state index contributed by atoms with van der Waals surface area (Å²) in [6.45, 7) is 1.65. The zero-order valence-corrected chi connectivity index (χ0v) is 7.94. The van der Waals surface area contributed by atoms with Crippen LogP contribution in [0.1, 0.15) is 16.1 Å². The number of H-pyrrole nitrogens is 1. The van der Waals surface area contributed by atoms with Crippen LogP contribution in [0.4, 0.5) is 0 Å². The van der Waals surface area contributed by atoms with Crippen LogP contribution in [0.15, 0.2) is 18.3 Å². The van der Waals surface area contributed by atoms with Gasteiger partial charge in [-0.2, -0.15) is 0 Å². The van der Waals surface area contributed by atoms with E-state index in [0.29, 0.717) is 16.7 Å². The fraction of sp³-hybridized carbons (Fsp3) is 0.100. The number of carbonyl (C=O) groups excluding carboxylic acids is 1. The van der Waals surface area contributed by atoms with Crippen LogP contribution in [-0.4, -0.2) is 26.8 Å². The third kappa shape index (κ3) is 1.38. The van der Waals surface area contributed by atoms with Crippen LogP contribution in [0, 0.1) is 6.92 Å². The van der Waals surface area contributed by atoms with E-state index in [1.807, 2.05) is 0 Å². The molecule has 2 N–H and O–H groups in total. The molecule has 0 saturated carbocycles. The molecule has 5 heteroatoms. The predicted molar refractivity (Wildman–Crippen MR) is 52.8 cm³/mol. The number of carboxylic acid groups (broad SMARTS) is 1. The molecular formula is C10H8N2O3. The Morgan fingerprint density at radius 2 is 2.20 bits per heavy atom. The summed E-state index contributed by atoms with van der Waals surface area (Å²) in [6, 6.07) is 3.46. The van der Waals surface area contributed by atoms with Crippen molar-refractivity contribution in [3.63, 3.8) is 0 Å². The van der Waals surface area contributed by atoms with E-state index < -0.39 is 11.8 Å². The van der Waals surface area contributed by atoms with Crippen LogP contribution in [0.25, 0.3) is 11.0 Å². The fourth-order valence-corrected chi connectivity index (χ4v) is 1.53. The maximum atomic E-state index is 11.4. The number of hydrogen-bond acceptors (Lipinski definition) is 3. The summed E-state index contributed by atoms with van der Waals surface area (Å²) in [5.74, 6) is -2.40. The lowest BCUT2D eigenvalue weighted by atomic mass is 10.1. The van der Waals surface area contributed by atoms with Gasteiger partial charge in [-0.05, 0) is 19.1 Å². The van der Waals surface area contributed by atoms with E-state index in [4.69, 9.17) is 5.11 Å². The van der Waals surface area contributed by atoms with Gasteiger partial charge in [0.2, 0.25) is 0 Å². The maximum Gasteiger partial charge on any atom is 0.377 e. The Morgan fingerprint density at radius 1 is 1.47 bits per heavy atom. The van der Waals surface area contributed by atoms with Crippen molar-refractivity contribution in [3.05, 3.63) is 29.6 Å². The van der Waals surface area contributed by atoms with E-state index in [2.05, 4.69) is 9.97 Å². The number of carboxylic acids is 1. The van der Waals surface area contributed by atoms with Crippen LogP contribution in [0.5, 0.6) is 0 Å². The monoisotopic (exact) mass is 204 g/mol. The number of aliphatic carboxylic acids is 1. The molecule has 0 aromatic carbocycles. The average Bonchev–Trinajstić information content (AvgIpc) is 2.52. The van der Waals surface area contributed by atoms with Crippen molar-refractivity contribution < 1.29 is 14.7 Å². The Balaban J connectivity index is 2.74. The van der Waals surface area contributed by atoms with E-state index in [1.54, 1.807) is 19.1 Å². The predicted octanol–water partition coefficient (Wildman–Crippen LogP) is 1.14. The second-order valence-corrected chi connectivity index (χ2v) is 3.16. The standard InChI is InChI=1S/C10H8N2O3/c1-5-7(9(13)10(14)15)8-6(12-5)3-2-4-11-8/h2-4,12H,1H3,(H,14,15). The lowest BCUT2D eigenvalue weighted by Gasteiger charge is -1.93. The molecule has 0 radical (unpaired) electrons. The highest BCUT2D eigenvalue weighted by molar-refractivity contribution is 6.42. The van der Waals surface area contributed by atoms with E-state index in [-0.39, 0.29) is 5.56 Å². The van der Waals surface area contributed by atoms with Gasteiger partial charge < -0.3 is 10.1 Å². The molecule has 2 heterocycles. The van der Waals surface area contributed by atoms with Gasteiger partial charge >= 0.3 is 5.97 Å². The summed E-state index contributed by atoms with van der Waals surface area (Å²) in [5.41, 5.74) is 1.73. The number of aromatic nitrogens is 2. The molecule has 0 saturated heterocycles. The second-order valence-electron chi connectivity index (χ2n) is 3.16. The van der Waals surface area contributed by atoms with E-state index >= 15 is 0 Å². The molecule has 0 unspecified atom stereocenters. The molecule has 2 aromatic heterocycles. The second kappa shape index (κ2) is 3.20. The summed E-state index contributed by atoms with van der Waals surface area (Å²) in [6.07, 6.45) is 1.52.